The van der Waals surface area contributed by atoms with Crippen molar-refractivity contribution >= 4 is 18.0 Å². The summed E-state index contributed by atoms with van der Waals surface area (Å²) in [6.45, 7) is 1.87. The maximum absolute atomic E-state index is 12.3. The highest BCUT2D eigenvalue weighted by Gasteiger charge is 2.28. The fourth-order valence-corrected chi connectivity index (χ4v) is 3.94. The van der Waals surface area contributed by atoms with Crippen molar-refractivity contribution < 1.29 is 24.2 Å². The van der Waals surface area contributed by atoms with Crippen LogP contribution in [0.25, 0.3) is 11.1 Å². The molecule has 7 nitrogen and oxygen atoms in total. The van der Waals surface area contributed by atoms with Crippen molar-refractivity contribution in [3.63, 3.8) is 0 Å². The standard InChI is InChI=1S/C26H24N2O5/c1-16(25(30)31)28-24(29)18-12-10-17(11-13-18)14-27-26(32)33-15-23-21-8-4-2-6-19(21)20-7-3-5-9-22(20)23/h2-13,16,23H,14-15H2,1H3,(H,27,32)(H,28,29)(H,30,31)/t16-/m0/s1. The topological polar surface area (TPSA) is 105 Å². The van der Waals surface area contributed by atoms with Crippen LogP contribution in [0.3, 0.4) is 0 Å². The number of carbonyl (C=O) groups is 3. The van der Waals surface area contributed by atoms with Gasteiger partial charge in [0, 0.05) is 18.0 Å². The summed E-state index contributed by atoms with van der Waals surface area (Å²) in [4.78, 5) is 35.2. The first kappa shape index (κ1) is 22.1. The first-order valence-electron chi connectivity index (χ1n) is 10.7. The number of rotatable bonds is 7. The molecule has 0 fully saturated rings. The van der Waals surface area contributed by atoms with E-state index in [0.717, 1.165) is 16.7 Å². The van der Waals surface area contributed by atoms with E-state index in [4.69, 9.17) is 9.84 Å². The summed E-state index contributed by atoms with van der Waals surface area (Å²) in [7, 11) is 0. The second kappa shape index (κ2) is 9.56. The van der Waals surface area contributed by atoms with Gasteiger partial charge in [0.1, 0.15) is 12.6 Å². The zero-order chi connectivity index (χ0) is 23.4. The van der Waals surface area contributed by atoms with E-state index in [1.807, 2.05) is 24.3 Å². The number of hydrogen-bond acceptors (Lipinski definition) is 4. The number of nitrogens with one attached hydrogen (secondary N) is 2. The molecule has 3 aromatic carbocycles. The van der Waals surface area contributed by atoms with Crippen molar-refractivity contribution in [3.8, 4) is 11.1 Å². The number of alkyl carbamates (subject to hydrolysis) is 1. The van der Waals surface area contributed by atoms with Crippen LogP contribution in [-0.2, 0) is 16.1 Å². The van der Waals surface area contributed by atoms with Gasteiger partial charge in [0.25, 0.3) is 5.91 Å². The average molecular weight is 444 g/mol. The minimum absolute atomic E-state index is 0.00543. The van der Waals surface area contributed by atoms with E-state index in [1.54, 1.807) is 24.3 Å². The molecule has 4 rings (SSSR count). The number of amides is 2. The molecule has 3 aromatic rings. The van der Waals surface area contributed by atoms with Gasteiger partial charge in [0.2, 0.25) is 0 Å². The van der Waals surface area contributed by atoms with E-state index < -0.39 is 24.0 Å². The minimum Gasteiger partial charge on any atom is -0.480 e. The molecule has 33 heavy (non-hydrogen) atoms. The lowest BCUT2D eigenvalue weighted by Crippen LogP contribution is -2.38. The van der Waals surface area contributed by atoms with E-state index in [-0.39, 0.29) is 19.1 Å². The maximum atomic E-state index is 12.3. The van der Waals surface area contributed by atoms with Gasteiger partial charge < -0.3 is 20.5 Å². The highest BCUT2D eigenvalue weighted by Crippen LogP contribution is 2.44. The molecule has 0 aromatic heterocycles. The summed E-state index contributed by atoms with van der Waals surface area (Å²) < 4.78 is 5.52. The highest BCUT2D eigenvalue weighted by molar-refractivity contribution is 5.96. The van der Waals surface area contributed by atoms with Crippen molar-refractivity contribution in [2.45, 2.75) is 25.4 Å². The Kier molecular flexibility index (Phi) is 6.40. The van der Waals surface area contributed by atoms with Crippen molar-refractivity contribution in [2.75, 3.05) is 6.61 Å². The van der Waals surface area contributed by atoms with Crippen LogP contribution in [-0.4, -0.2) is 35.7 Å². The van der Waals surface area contributed by atoms with E-state index in [2.05, 4.69) is 34.9 Å². The lowest BCUT2D eigenvalue weighted by atomic mass is 9.98. The van der Waals surface area contributed by atoms with E-state index in [1.165, 1.54) is 18.1 Å². The number of carboxylic acid groups (broad SMARTS) is 1. The van der Waals surface area contributed by atoms with Gasteiger partial charge in [0.05, 0.1) is 0 Å². The molecule has 1 aliphatic carbocycles. The molecule has 0 heterocycles. The Morgan fingerprint density at radius 1 is 0.909 bits per heavy atom. The Morgan fingerprint density at radius 3 is 2.06 bits per heavy atom. The van der Waals surface area contributed by atoms with Gasteiger partial charge in [-0.1, -0.05) is 60.7 Å². The van der Waals surface area contributed by atoms with Gasteiger partial charge >= 0.3 is 12.1 Å². The Hall–Kier alpha value is -4.13. The van der Waals surface area contributed by atoms with E-state index in [0.29, 0.717) is 5.56 Å². The molecule has 2 amide bonds. The molecule has 1 aliphatic rings. The van der Waals surface area contributed by atoms with Crippen molar-refractivity contribution in [3.05, 3.63) is 95.1 Å². The van der Waals surface area contributed by atoms with Gasteiger partial charge in [-0.2, -0.15) is 0 Å². The third-order valence-corrected chi connectivity index (χ3v) is 5.71. The number of hydrogen-bond donors (Lipinski definition) is 3. The maximum Gasteiger partial charge on any atom is 0.407 e. The van der Waals surface area contributed by atoms with Crippen molar-refractivity contribution in [1.82, 2.24) is 10.6 Å². The molecule has 0 spiro atoms. The fourth-order valence-electron chi connectivity index (χ4n) is 3.94. The van der Waals surface area contributed by atoms with Crippen LogP contribution in [0.5, 0.6) is 0 Å². The third kappa shape index (κ3) is 4.87. The average Bonchev–Trinajstić information content (AvgIpc) is 3.15. The molecular formula is C26H24N2O5. The Bertz CT molecular complexity index is 1140. The molecule has 0 aliphatic heterocycles. The summed E-state index contributed by atoms with van der Waals surface area (Å²) in [6, 6.07) is 21.9. The van der Waals surface area contributed by atoms with Crippen molar-refractivity contribution in [2.24, 2.45) is 0 Å². The zero-order valence-electron chi connectivity index (χ0n) is 18.1. The predicted octanol–water partition coefficient (Wildman–Crippen LogP) is 3.93. The van der Waals surface area contributed by atoms with Crippen LogP contribution in [0, 0.1) is 0 Å². The van der Waals surface area contributed by atoms with Crippen LogP contribution in [0.4, 0.5) is 4.79 Å². The summed E-state index contributed by atoms with van der Waals surface area (Å²) in [5.74, 6) is -1.58. The highest BCUT2D eigenvalue weighted by atomic mass is 16.5. The molecule has 0 saturated carbocycles. The Balaban J connectivity index is 1.31. The second-order valence-corrected chi connectivity index (χ2v) is 7.91. The molecule has 1 atom stereocenters. The normalized spacial score (nSPS) is 12.9. The fraction of sp³-hybridized carbons (Fsp3) is 0.192. The molecule has 0 radical (unpaired) electrons. The van der Waals surface area contributed by atoms with Gasteiger partial charge in [-0.15, -0.1) is 0 Å². The smallest absolute Gasteiger partial charge is 0.407 e. The molecule has 7 heteroatoms. The molecule has 0 bridgehead atoms. The van der Waals surface area contributed by atoms with Crippen LogP contribution in [0.2, 0.25) is 0 Å². The quantitative estimate of drug-likeness (QED) is 0.512. The number of carbonyl (C=O) groups excluding carboxylic acids is 2. The second-order valence-electron chi connectivity index (χ2n) is 7.91. The summed E-state index contributed by atoms with van der Waals surface area (Å²) in [6.07, 6.45) is -0.519. The SMILES string of the molecule is C[C@H](NC(=O)c1ccc(CNC(=O)OCC2c3ccccc3-c3ccccc32)cc1)C(=O)O. The van der Waals surface area contributed by atoms with E-state index >= 15 is 0 Å². The number of ether oxygens (including phenoxy) is 1. The summed E-state index contributed by atoms with van der Waals surface area (Å²) in [5, 5.41) is 14.0. The Labute approximate surface area is 191 Å². The molecule has 0 saturated heterocycles. The number of carboxylic acids is 1. The van der Waals surface area contributed by atoms with Gasteiger partial charge in [-0.3, -0.25) is 9.59 Å². The zero-order valence-corrected chi connectivity index (χ0v) is 18.1. The molecule has 3 N–H and O–H groups in total. The summed E-state index contributed by atoms with van der Waals surface area (Å²) in [5.41, 5.74) is 5.77. The van der Waals surface area contributed by atoms with Crippen LogP contribution >= 0.6 is 0 Å². The first-order valence-corrected chi connectivity index (χ1v) is 10.7. The lowest BCUT2D eigenvalue weighted by molar-refractivity contribution is -0.138. The number of benzene rings is 3. The Morgan fingerprint density at radius 2 is 1.48 bits per heavy atom. The van der Waals surface area contributed by atoms with Crippen molar-refractivity contribution in [1.29, 1.82) is 0 Å². The van der Waals surface area contributed by atoms with Gasteiger partial charge in [-0.05, 0) is 46.9 Å². The molecule has 168 valence electrons. The monoisotopic (exact) mass is 444 g/mol. The predicted molar refractivity (Wildman–Crippen MR) is 123 cm³/mol. The van der Waals surface area contributed by atoms with Crippen LogP contribution in [0.1, 0.15) is 39.9 Å². The first-order chi connectivity index (χ1) is 15.9. The largest absolute Gasteiger partial charge is 0.480 e. The van der Waals surface area contributed by atoms with E-state index in [9.17, 15) is 14.4 Å². The van der Waals surface area contributed by atoms with Crippen LogP contribution < -0.4 is 10.6 Å². The molecular weight excluding hydrogens is 420 g/mol. The number of aliphatic carboxylic acids is 1. The third-order valence-electron chi connectivity index (χ3n) is 5.71. The van der Waals surface area contributed by atoms with Crippen LogP contribution in [0.15, 0.2) is 72.8 Å². The van der Waals surface area contributed by atoms with Gasteiger partial charge in [-0.25, -0.2) is 4.79 Å². The van der Waals surface area contributed by atoms with Gasteiger partial charge in [0.15, 0.2) is 0 Å². The number of fused-ring (bicyclic) bond motifs is 3. The lowest BCUT2D eigenvalue weighted by Gasteiger charge is -2.14. The summed E-state index contributed by atoms with van der Waals surface area (Å²) >= 11 is 0. The molecule has 0 unspecified atom stereocenters. The minimum atomic E-state index is -1.10.